The van der Waals surface area contributed by atoms with Crippen molar-refractivity contribution < 1.29 is 19.5 Å². The number of nitrogens with two attached hydrogens (primary N) is 1. The molecule has 0 saturated carbocycles. The fourth-order valence-electron chi connectivity index (χ4n) is 0.949. The highest BCUT2D eigenvalue weighted by molar-refractivity contribution is 5.99. The van der Waals surface area contributed by atoms with Crippen molar-refractivity contribution in [1.29, 1.82) is 0 Å². The van der Waals surface area contributed by atoms with Gasteiger partial charge < -0.3 is 16.0 Å². The summed E-state index contributed by atoms with van der Waals surface area (Å²) >= 11 is 0. The zero-order chi connectivity index (χ0) is 10.7. The number of carboxylic acid groups (broad SMARTS) is 1. The third kappa shape index (κ3) is 1.63. The number of nitrogens with zero attached hydrogens (tertiary/aromatic N) is 1. The first-order valence-corrected chi connectivity index (χ1v) is 3.57. The minimum atomic E-state index is -1.41. The van der Waals surface area contributed by atoms with E-state index < -0.39 is 23.2 Å². The lowest BCUT2D eigenvalue weighted by atomic mass is 10.1. The lowest BCUT2D eigenvalue weighted by Crippen LogP contribution is -2.17. The fourth-order valence-corrected chi connectivity index (χ4v) is 0.949. The number of carbonyl (C=O) groups is 1. The normalized spacial score (nSPS) is 11.4. The van der Waals surface area contributed by atoms with Gasteiger partial charge in [0.1, 0.15) is 5.82 Å². The van der Waals surface area contributed by atoms with E-state index in [1.54, 1.807) is 0 Å². The summed E-state index contributed by atoms with van der Waals surface area (Å²) in [6, 6.07) is 3.61. The van der Waals surface area contributed by atoms with Crippen molar-refractivity contribution in [2.75, 3.05) is 0 Å². The molecule has 0 amide bonds. The van der Waals surface area contributed by atoms with Crippen LogP contribution in [0.5, 0.6) is 0 Å². The molecule has 0 aliphatic rings. The van der Waals surface area contributed by atoms with E-state index in [0.717, 1.165) is 6.07 Å². The maximum Gasteiger partial charge on any atom is 0.338 e. The van der Waals surface area contributed by atoms with E-state index >= 15 is 0 Å². The molecule has 1 rings (SSSR count). The number of halogens is 1. The Labute approximate surface area is 78.3 Å². The number of oxime groups is 1. The SMILES string of the molecule is N/C(=N\O)c1cccc(C(=O)O)c1F. The predicted octanol–water partition coefficient (Wildman–Crippen LogP) is 0.618. The third-order valence-corrected chi connectivity index (χ3v) is 1.61. The zero-order valence-electron chi connectivity index (χ0n) is 6.94. The molecular weight excluding hydrogens is 191 g/mol. The van der Waals surface area contributed by atoms with Gasteiger partial charge in [-0.25, -0.2) is 9.18 Å². The number of benzene rings is 1. The number of rotatable bonds is 2. The molecule has 0 aromatic heterocycles. The molecule has 0 atom stereocenters. The third-order valence-electron chi connectivity index (χ3n) is 1.61. The van der Waals surface area contributed by atoms with Crippen molar-refractivity contribution in [3.05, 3.63) is 35.1 Å². The molecule has 0 bridgehead atoms. The second-order valence-corrected chi connectivity index (χ2v) is 2.46. The molecular formula is C8H7FN2O3. The van der Waals surface area contributed by atoms with Gasteiger partial charge in [-0.1, -0.05) is 11.2 Å². The first-order chi connectivity index (χ1) is 6.57. The molecule has 0 unspecified atom stereocenters. The van der Waals surface area contributed by atoms with Crippen molar-refractivity contribution in [3.8, 4) is 0 Å². The molecule has 0 spiro atoms. The highest BCUT2D eigenvalue weighted by Crippen LogP contribution is 2.12. The molecule has 5 nitrogen and oxygen atoms in total. The van der Waals surface area contributed by atoms with Gasteiger partial charge in [0, 0.05) is 0 Å². The van der Waals surface area contributed by atoms with E-state index in [1.807, 2.05) is 0 Å². The molecule has 0 aliphatic heterocycles. The molecule has 1 aromatic rings. The minimum Gasteiger partial charge on any atom is -0.478 e. The van der Waals surface area contributed by atoms with E-state index in [0.29, 0.717) is 0 Å². The maximum atomic E-state index is 13.3. The lowest BCUT2D eigenvalue weighted by molar-refractivity contribution is 0.0692. The number of aromatic carboxylic acids is 1. The van der Waals surface area contributed by atoms with Gasteiger partial charge in [0.15, 0.2) is 5.84 Å². The van der Waals surface area contributed by atoms with Gasteiger partial charge in [0.25, 0.3) is 0 Å². The molecule has 1 aromatic carbocycles. The lowest BCUT2D eigenvalue weighted by Gasteiger charge is -2.02. The summed E-state index contributed by atoms with van der Waals surface area (Å²) in [6.45, 7) is 0. The van der Waals surface area contributed by atoms with E-state index in [9.17, 15) is 9.18 Å². The molecule has 0 aliphatic carbocycles. The van der Waals surface area contributed by atoms with Crippen LogP contribution in [-0.2, 0) is 0 Å². The zero-order valence-corrected chi connectivity index (χ0v) is 6.94. The highest BCUT2D eigenvalue weighted by Gasteiger charge is 2.15. The molecule has 0 heterocycles. The van der Waals surface area contributed by atoms with Crippen LogP contribution in [0.2, 0.25) is 0 Å². The Morgan fingerprint density at radius 3 is 2.50 bits per heavy atom. The summed E-state index contributed by atoms with van der Waals surface area (Å²) in [5.74, 6) is -2.89. The quantitative estimate of drug-likeness (QED) is 0.281. The van der Waals surface area contributed by atoms with Gasteiger partial charge in [0.05, 0.1) is 11.1 Å². The number of amidine groups is 1. The van der Waals surface area contributed by atoms with Gasteiger partial charge in [-0.3, -0.25) is 0 Å². The second kappa shape index (κ2) is 3.73. The van der Waals surface area contributed by atoms with Crippen molar-refractivity contribution in [1.82, 2.24) is 0 Å². The first kappa shape index (κ1) is 9.97. The summed E-state index contributed by atoms with van der Waals surface area (Å²) < 4.78 is 13.3. The molecule has 0 radical (unpaired) electrons. The van der Waals surface area contributed by atoms with Crippen LogP contribution in [-0.4, -0.2) is 22.1 Å². The summed E-state index contributed by atoms with van der Waals surface area (Å²) in [6.07, 6.45) is 0. The Balaban J connectivity index is 3.35. The average Bonchev–Trinajstić information content (AvgIpc) is 2.16. The summed E-state index contributed by atoms with van der Waals surface area (Å²) in [5, 5.41) is 19.4. The van der Waals surface area contributed by atoms with E-state index in [4.69, 9.17) is 16.0 Å². The average molecular weight is 198 g/mol. The Kier molecular flexibility index (Phi) is 2.66. The molecule has 14 heavy (non-hydrogen) atoms. The largest absolute Gasteiger partial charge is 0.478 e. The van der Waals surface area contributed by atoms with E-state index in [2.05, 4.69) is 5.16 Å². The van der Waals surface area contributed by atoms with Gasteiger partial charge in [-0.15, -0.1) is 0 Å². The van der Waals surface area contributed by atoms with E-state index in [-0.39, 0.29) is 5.56 Å². The molecule has 0 saturated heterocycles. The second-order valence-electron chi connectivity index (χ2n) is 2.46. The van der Waals surface area contributed by atoms with Crippen LogP contribution in [0.15, 0.2) is 23.4 Å². The van der Waals surface area contributed by atoms with Crippen molar-refractivity contribution in [2.24, 2.45) is 10.9 Å². The van der Waals surface area contributed by atoms with Crippen molar-refractivity contribution in [2.45, 2.75) is 0 Å². The molecule has 74 valence electrons. The van der Waals surface area contributed by atoms with Gasteiger partial charge >= 0.3 is 5.97 Å². The van der Waals surface area contributed by atoms with Gasteiger partial charge in [-0.2, -0.15) is 0 Å². The number of hydrogen-bond donors (Lipinski definition) is 3. The highest BCUT2D eigenvalue weighted by atomic mass is 19.1. The first-order valence-electron chi connectivity index (χ1n) is 3.57. The monoisotopic (exact) mass is 198 g/mol. The van der Waals surface area contributed by atoms with Crippen LogP contribution in [0, 0.1) is 5.82 Å². The van der Waals surface area contributed by atoms with Crippen LogP contribution in [0.3, 0.4) is 0 Å². The van der Waals surface area contributed by atoms with Crippen LogP contribution >= 0.6 is 0 Å². The number of hydrogen-bond acceptors (Lipinski definition) is 3. The Bertz CT molecular complexity index is 404. The summed E-state index contributed by atoms with van der Waals surface area (Å²) in [5.41, 5.74) is 4.37. The minimum absolute atomic E-state index is 0.243. The Hall–Kier alpha value is -2.11. The van der Waals surface area contributed by atoms with Crippen LogP contribution in [0.1, 0.15) is 15.9 Å². The smallest absolute Gasteiger partial charge is 0.338 e. The Morgan fingerprint density at radius 2 is 2.00 bits per heavy atom. The van der Waals surface area contributed by atoms with Crippen molar-refractivity contribution in [3.63, 3.8) is 0 Å². The molecule has 4 N–H and O–H groups in total. The fraction of sp³-hybridized carbons (Fsp3) is 0. The molecule has 6 heteroatoms. The standard InChI is InChI=1S/C8H7FN2O3/c9-6-4(7(10)11-14)2-1-3-5(6)8(12)13/h1-3,14H,(H2,10,11)(H,12,13). The summed E-state index contributed by atoms with van der Waals surface area (Å²) in [4.78, 5) is 10.5. The number of carboxylic acids is 1. The molecule has 0 fully saturated rings. The van der Waals surface area contributed by atoms with Crippen LogP contribution in [0.4, 0.5) is 4.39 Å². The predicted molar refractivity (Wildman–Crippen MR) is 45.9 cm³/mol. The van der Waals surface area contributed by atoms with Crippen molar-refractivity contribution >= 4 is 11.8 Å². The Morgan fingerprint density at radius 1 is 1.43 bits per heavy atom. The maximum absolute atomic E-state index is 13.3. The van der Waals surface area contributed by atoms with E-state index in [1.165, 1.54) is 12.1 Å². The van der Waals surface area contributed by atoms with Gasteiger partial charge in [-0.05, 0) is 12.1 Å². The summed E-state index contributed by atoms with van der Waals surface area (Å²) in [7, 11) is 0. The van der Waals surface area contributed by atoms with Crippen LogP contribution < -0.4 is 5.73 Å². The van der Waals surface area contributed by atoms with Gasteiger partial charge in [0.2, 0.25) is 0 Å². The van der Waals surface area contributed by atoms with Crippen LogP contribution in [0.25, 0.3) is 0 Å². The topological polar surface area (TPSA) is 95.9 Å².